The van der Waals surface area contributed by atoms with Crippen molar-refractivity contribution in [1.82, 2.24) is 4.90 Å². The molecule has 0 saturated heterocycles. The van der Waals surface area contributed by atoms with Crippen molar-refractivity contribution in [3.05, 3.63) is 63.6 Å². The summed E-state index contributed by atoms with van der Waals surface area (Å²) < 4.78 is 1.01. The fourth-order valence-electron chi connectivity index (χ4n) is 2.26. The van der Waals surface area contributed by atoms with Crippen LogP contribution in [0.15, 0.2) is 46.9 Å². The first-order chi connectivity index (χ1) is 9.56. The van der Waals surface area contributed by atoms with Crippen molar-refractivity contribution in [2.45, 2.75) is 19.9 Å². The maximum absolute atomic E-state index is 10.1. The zero-order valence-electron chi connectivity index (χ0n) is 11.9. The second-order valence-corrected chi connectivity index (χ2v) is 6.12. The first-order valence-electron chi connectivity index (χ1n) is 6.76. The first-order valence-corrected chi connectivity index (χ1v) is 7.56. The number of nitrogens with zero attached hydrogens (tertiary/aromatic N) is 1. The molecule has 106 valence electrons. The van der Waals surface area contributed by atoms with Gasteiger partial charge >= 0.3 is 0 Å². The normalized spacial score (nSPS) is 11.0. The van der Waals surface area contributed by atoms with Gasteiger partial charge in [0.25, 0.3) is 0 Å². The van der Waals surface area contributed by atoms with Crippen LogP contribution in [0.4, 0.5) is 0 Å². The van der Waals surface area contributed by atoms with Crippen LogP contribution in [0, 0.1) is 6.92 Å². The quantitative estimate of drug-likeness (QED) is 0.888. The fraction of sp³-hybridized carbons (Fsp3) is 0.294. The van der Waals surface area contributed by atoms with E-state index in [0.29, 0.717) is 5.75 Å². The smallest absolute Gasteiger partial charge is 0.123 e. The number of hydrogen-bond donors (Lipinski definition) is 1. The number of rotatable bonds is 5. The minimum atomic E-state index is 0.403. The molecule has 3 heteroatoms. The monoisotopic (exact) mass is 333 g/mol. The Morgan fingerprint density at radius 1 is 1.15 bits per heavy atom. The number of likely N-dealkylation sites (N-methyl/N-ethyl adjacent to an activating group) is 1. The van der Waals surface area contributed by atoms with Crippen LogP contribution >= 0.6 is 15.9 Å². The van der Waals surface area contributed by atoms with Crippen molar-refractivity contribution in [3.8, 4) is 5.75 Å². The Balaban J connectivity index is 1.96. The summed E-state index contributed by atoms with van der Waals surface area (Å²) in [6.45, 7) is 3.64. The summed E-state index contributed by atoms with van der Waals surface area (Å²) in [6, 6.07) is 14.4. The minimum Gasteiger partial charge on any atom is -0.507 e. The average molecular weight is 334 g/mol. The standard InChI is InChI=1S/C17H20BrNO/c1-13-10-16(18)11-15(17(13)20)12-19(2)9-8-14-6-4-3-5-7-14/h3-7,10-11,20H,8-9,12H2,1-2H3. The predicted molar refractivity (Wildman–Crippen MR) is 87.0 cm³/mol. The fourth-order valence-corrected chi connectivity index (χ4v) is 2.88. The third-order valence-electron chi connectivity index (χ3n) is 3.41. The lowest BCUT2D eigenvalue weighted by Crippen LogP contribution is -2.20. The molecule has 0 atom stereocenters. The van der Waals surface area contributed by atoms with E-state index in [-0.39, 0.29) is 0 Å². The van der Waals surface area contributed by atoms with Crippen LogP contribution in [0.25, 0.3) is 0 Å². The molecule has 0 aliphatic rings. The van der Waals surface area contributed by atoms with E-state index in [0.717, 1.165) is 35.1 Å². The molecular weight excluding hydrogens is 314 g/mol. The van der Waals surface area contributed by atoms with Gasteiger partial charge in [-0.1, -0.05) is 46.3 Å². The molecule has 20 heavy (non-hydrogen) atoms. The number of phenolic OH excluding ortho intramolecular Hbond substituents is 1. The van der Waals surface area contributed by atoms with Gasteiger partial charge in [0.2, 0.25) is 0 Å². The van der Waals surface area contributed by atoms with Crippen LogP contribution in [0.2, 0.25) is 0 Å². The topological polar surface area (TPSA) is 23.5 Å². The second-order valence-electron chi connectivity index (χ2n) is 5.20. The van der Waals surface area contributed by atoms with Gasteiger partial charge in [0, 0.05) is 23.1 Å². The van der Waals surface area contributed by atoms with Crippen LogP contribution in [0.1, 0.15) is 16.7 Å². The molecule has 0 aliphatic carbocycles. The molecule has 0 heterocycles. The highest BCUT2D eigenvalue weighted by molar-refractivity contribution is 9.10. The van der Waals surface area contributed by atoms with Gasteiger partial charge in [-0.25, -0.2) is 0 Å². The lowest BCUT2D eigenvalue weighted by atomic mass is 10.1. The summed E-state index contributed by atoms with van der Waals surface area (Å²) in [7, 11) is 2.08. The van der Waals surface area contributed by atoms with E-state index in [2.05, 4.69) is 52.1 Å². The van der Waals surface area contributed by atoms with E-state index in [1.165, 1.54) is 5.56 Å². The maximum Gasteiger partial charge on any atom is 0.123 e. The van der Waals surface area contributed by atoms with Crippen LogP contribution in [-0.4, -0.2) is 23.6 Å². The third kappa shape index (κ3) is 4.09. The highest BCUT2D eigenvalue weighted by Gasteiger charge is 2.09. The number of benzene rings is 2. The Morgan fingerprint density at radius 3 is 2.55 bits per heavy atom. The Labute approximate surface area is 129 Å². The van der Waals surface area contributed by atoms with Gasteiger partial charge in [0.15, 0.2) is 0 Å². The molecule has 2 nitrogen and oxygen atoms in total. The SMILES string of the molecule is Cc1cc(Br)cc(CN(C)CCc2ccccc2)c1O. The Hall–Kier alpha value is -1.32. The lowest BCUT2D eigenvalue weighted by molar-refractivity contribution is 0.323. The van der Waals surface area contributed by atoms with Gasteiger partial charge in [-0.15, -0.1) is 0 Å². The van der Waals surface area contributed by atoms with Crippen LogP contribution in [0.3, 0.4) is 0 Å². The van der Waals surface area contributed by atoms with Gasteiger partial charge in [0.05, 0.1) is 0 Å². The summed E-state index contributed by atoms with van der Waals surface area (Å²) in [5, 5.41) is 10.1. The van der Waals surface area contributed by atoms with Crippen LogP contribution in [-0.2, 0) is 13.0 Å². The molecule has 0 aliphatic heterocycles. The van der Waals surface area contributed by atoms with E-state index in [1.54, 1.807) is 0 Å². The molecule has 0 bridgehead atoms. The van der Waals surface area contributed by atoms with Crippen molar-refractivity contribution in [3.63, 3.8) is 0 Å². The molecule has 0 amide bonds. The van der Waals surface area contributed by atoms with E-state index in [4.69, 9.17) is 0 Å². The molecule has 0 aromatic heterocycles. The van der Waals surface area contributed by atoms with E-state index in [9.17, 15) is 5.11 Å². The zero-order valence-corrected chi connectivity index (χ0v) is 13.5. The molecule has 0 spiro atoms. The summed E-state index contributed by atoms with van der Waals surface area (Å²) in [6.07, 6.45) is 1.02. The number of hydrogen-bond acceptors (Lipinski definition) is 2. The number of phenols is 1. The van der Waals surface area contributed by atoms with Crippen molar-refractivity contribution in [1.29, 1.82) is 0 Å². The maximum atomic E-state index is 10.1. The Morgan fingerprint density at radius 2 is 1.85 bits per heavy atom. The molecule has 0 saturated carbocycles. The molecule has 2 rings (SSSR count). The first kappa shape index (κ1) is 15.1. The van der Waals surface area contributed by atoms with Gasteiger partial charge < -0.3 is 10.0 Å². The van der Waals surface area contributed by atoms with Crippen molar-refractivity contribution in [2.75, 3.05) is 13.6 Å². The van der Waals surface area contributed by atoms with Gasteiger partial charge in [-0.2, -0.15) is 0 Å². The van der Waals surface area contributed by atoms with E-state index < -0.39 is 0 Å². The van der Waals surface area contributed by atoms with Gasteiger partial charge in [-0.05, 0) is 43.7 Å². The van der Waals surface area contributed by atoms with E-state index >= 15 is 0 Å². The Bertz CT molecular complexity index is 569. The summed E-state index contributed by atoms with van der Waals surface area (Å²) in [4.78, 5) is 2.23. The van der Waals surface area contributed by atoms with Gasteiger partial charge in [0.1, 0.15) is 5.75 Å². The molecule has 1 N–H and O–H groups in total. The van der Waals surface area contributed by atoms with Crippen molar-refractivity contribution < 1.29 is 5.11 Å². The molecule has 2 aromatic carbocycles. The highest BCUT2D eigenvalue weighted by Crippen LogP contribution is 2.27. The summed E-state index contributed by atoms with van der Waals surface area (Å²) in [5.41, 5.74) is 3.22. The molecular formula is C17H20BrNO. The van der Waals surface area contributed by atoms with Crippen molar-refractivity contribution >= 4 is 15.9 Å². The van der Waals surface area contributed by atoms with E-state index in [1.807, 2.05) is 25.1 Å². The Kier molecular flexibility index (Phi) is 5.21. The van der Waals surface area contributed by atoms with Gasteiger partial charge in [-0.3, -0.25) is 0 Å². The second kappa shape index (κ2) is 6.91. The molecule has 0 radical (unpaired) electrons. The van der Waals surface area contributed by atoms with Crippen molar-refractivity contribution in [2.24, 2.45) is 0 Å². The largest absolute Gasteiger partial charge is 0.507 e. The van der Waals surface area contributed by atoms with Crippen LogP contribution < -0.4 is 0 Å². The number of halogens is 1. The number of aromatic hydroxyl groups is 1. The molecule has 2 aromatic rings. The predicted octanol–water partition coefficient (Wildman–Crippen LogP) is 4.14. The third-order valence-corrected chi connectivity index (χ3v) is 3.87. The minimum absolute atomic E-state index is 0.403. The summed E-state index contributed by atoms with van der Waals surface area (Å²) >= 11 is 3.48. The lowest BCUT2D eigenvalue weighted by Gasteiger charge is -2.18. The summed E-state index contributed by atoms with van der Waals surface area (Å²) in [5.74, 6) is 0.403. The molecule has 0 unspecified atom stereocenters. The number of aryl methyl sites for hydroxylation is 1. The zero-order chi connectivity index (χ0) is 14.5. The van der Waals surface area contributed by atoms with Crippen LogP contribution in [0.5, 0.6) is 5.75 Å². The highest BCUT2D eigenvalue weighted by atomic mass is 79.9. The average Bonchev–Trinajstić information content (AvgIpc) is 2.43. The molecule has 0 fully saturated rings.